The van der Waals surface area contributed by atoms with Gasteiger partial charge in [0.2, 0.25) is 15.9 Å². The van der Waals surface area contributed by atoms with Crippen LogP contribution < -0.4 is 11.5 Å². The highest BCUT2D eigenvalue weighted by molar-refractivity contribution is 7.88. The molecule has 7 heteroatoms. The van der Waals surface area contributed by atoms with Gasteiger partial charge >= 0.3 is 0 Å². The van der Waals surface area contributed by atoms with E-state index in [9.17, 15) is 13.2 Å². The van der Waals surface area contributed by atoms with Crippen LogP contribution in [0.25, 0.3) is 0 Å². The second-order valence-electron chi connectivity index (χ2n) is 5.03. The first-order valence-corrected chi connectivity index (χ1v) is 8.14. The van der Waals surface area contributed by atoms with Crippen LogP contribution >= 0.6 is 0 Å². The summed E-state index contributed by atoms with van der Waals surface area (Å²) in [5.41, 5.74) is 12.1. The summed E-state index contributed by atoms with van der Waals surface area (Å²) in [7, 11) is -3.57. The molecular formula is C13H19N3O3S. The maximum Gasteiger partial charge on any atom is 0.235 e. The van der Waals surface area contributed by atoms with Gasteiger partial charge in [0.1, 0.15) is 6.04 Å². The van der Waals surface area contributed by atoms with Crippen LogP contribution in [0.3, 0.4) is 0 Å². The monoisotopic (exact) mass is 297 g/mol. The number of nitrogen functional groups attached to an aromatic ring is 1. The summed E-state index contributed by atoms with van der Waals surface area (Å²) in [4.78, 5) is 11.4. The smallest absolute Gasteiger partial charge is 0.235 e. The zero-order valence-corrected chi connectivity index (χ0v) is 12.0. The van der Waals surface area contributed by atoms with Gasteiger partial charge in [0, 0.05) is 12.2 Å². The van der Waals surface area contributed by atoms with E-state index in [2.05, 4.69) is 0 Å². The van der Waals surface area contributed by atoms with Crippen molar-refractivity contribution in [3.63, 3.8) is 0 Å². The van der Waals surface area contributed by atoms with E-state index in [4.69, 9.17) is 11.5 Å². The molecule has 1 aromatic rings. The molecule has 4 N–H and O–H groups in total. The van der Waals surface area contributed by atoms with E-state index in [-0.39, 0.29) is 5.75 Å². The van der Waals surface area contributed by atoms with E-state index in [1.165, 1.54) is 4.31 Å². The van der Waals surface area contributed by atoms with Gasteiger partial charge in [-0.2, -0.15) is 4.31 Å². The highest BCUT2D eigenvalue weighted by Gasteiger charge is 2.35. The number of primary amides is 1. The molecule has 1 fully saturated rings. The van der Waals surface area contributed by atoms with E-state index in [0.717, 1.165) is 12.8 Å². The molecule has 1 aliphatic heterocycles. The van der Waals surface area contributed by atoms with Crippen LogP contribution in [-0.2, 0) is 20.6 Å². The lowest BCUT2D eigenvalue weighted by molar-refractivity contribution is -0.122. The molecule has 1 unspecified atom stereocenters. The fourth-order valence-corrected chi connectivity index (χ4v) is 4.27. The van der Waals surface area contributed by atoms with Crippen molar-refractivity contribution in [2.45, 2.75) is 31.1 Å². The van der Waals surface area contributed by atoms with Crippen LogP contribution in [0.5, 0.6) is 0 Å². The van der Waals surface area contributed by atoms with Gasteiger partial charge in [-0.3, -0.25) is 4.79 Å². The predicted molar refractivity (Wildman–Crippen MR) is 77.0 cm³/mol. The van der Waals surface area contributed by atoms with Crippen molar-refractivity contribution in [2.75, 3.05) is 12.3 Å². The standard InChI is InChI=1S/C13H19N3O3S/c14-11-5-3-4-10(8-11)9-20(18,19)16-7-2-1-6-12(16)13(15)17/h3-5,8,12H,1-2,6-7,9,14H2,(H2,15,17). The summed E-state index contributed by atoms with van der Waals surface area (Å²) in [5.74, 6) is -0.747. The Kier molecular flexibility index (Phi) is 4.29. The number of sulfonamides is 1. The van der Waals surface area contributed by atoms with E-state index in [1.54, 1.807) is 24.3 Å². The van der Waals surface area contributed by atoms with Crippen LogP contribution in [0.2, 0.25) is 0 Å². The third-order valence-electron chi connectivity index (χ3n) is 3.44. The molecule has 0 aromatic heterocycles. The molecule has 1 aliphatic rings. The van der Waals surface area contributed by atoms with Crippen molar-refractivity contribution in [3.05, 3.63) is 29.8 Å². The van der Waals surface area contributed by atoms with Gasteiger partial charge in [-0.1, -0.05) is 18.6 Å². The van der Waals surface area contributed by atoms with E-state index in [0.29, 0.717) is 24.2 Å². The lowest BCUT2D eigenvalue weighted by Gasteiger charge is -2.32. The van der Waals surface area contributed by atoms with E-state index < -0.39 is 22.0 Å². The Balaban J connectivity index is 2.22. The molecule has 0 bridgehead atoms. The van der Waals surface area contributed by atoms with Gasteiger partial charge in [-0.05, 0) is 30.5 Å². The number of amides is 1. The fourth-order valence-electron chi connectivity index (χ4n) is 2.50. The average Bonchev–Trinajstić information content (AvgIpc) is 2.38. The van der Waals surface area contributed by atoms with Crippen molar-refractivity contribution >= 4 is 21.6 Å². The molecule has 1 saturated heterocycles. The highest BCUT2D eigenvalue weighted by atomic mass is 32.2. The molecule has 2 rings (SSSR count). The van der Waals surface area contributed by atoms with Crippen LogP contribution in [-0.4, -0.2) is 31.2 Å². The largest absolute Gasteiger partial charge is 0.399 e. The topological polar surface area (TPSA) is 106 Å². The lowest BCUT2D eigenvalue weighted by atomic mass is 10.0. The SMILES string of the molecule is NC(=O)C1CCCCN1S(=O)(=O)Cc1cccc(N)c1. The van der Waals surface area contributed by atoms with Gasteiger partial charge in [0.15, 0.2) is 0 Å². The normalized spacial score (nSPS) is 20.7. The van der Waals surface area contributed by atoms with Crippen molar-refractivity contribution in [1.82, 2.24) is 4.31 Å². The van der Waals surface area contributed by atoms with Crippen LogP contribution in [0.1, 0.15) is 24.8 Å². The average molecular weight is 297 g/mol. The Bertz CT molecular complexity index is 601. The number of hydrogen-bond acceptors (Lipinski definition) is 4. The first-order valence-electron chi connectivity index (χ1n) is 6.53. The molecule has 6 nitrogen and oxygen atoms in total. The number of carbonyl (C=O) groups is 1. The third-order valence-corrected chi connectivity index (χ3v) is 5.29. The van der Waals surface area contributed by atoms with Crippen molar-refractivity contribution in [2.24, 2.45) is 5.73 Å². The number of piperidine rings is 1. The zero-order valence-electron chi connectivity index (χ0n) is 11.2. The molecule has 0 spiro atoms. The molecule has 1 aromatic carbocycles. The quantitative estimate of drug-likeness (QED) is 0.786. The minimum absolute atomic E-state index is 0.165. The van der Waals surface area contributed by atoms with Gasteiger partial charge in [-0.25, -0.2) is 8.42 Å². The summed E-state index contributed by atoms with van der Waals surface area (Å²) in [5, 5.41) is 0. The molecule has 0 saturated carbocycles. The molecule has 1 atom stereocenters. The first kappa shape index (κ1) is 14.8. The maximum absolute atomic E-state index is 12.5. The Hall–Kier alpha value is -1.60. The third kappa shape index (κ3) is 3.29. The van der Waals surface area contributed by atoms with Crippen molar-refractivity contribution < 1.29 is 13.2 Å². The molecule has 1 amide bonds. The highest BCUT2D eigenvalue weighted by Crippen LogP contribution is 2.23. The minimum atomic E-state index is -3.57. The summed E-state index contributed by atoms with van der Waals surface area (Å²) in [6.07, 6.45) is 2.06. The number of nitrogens with two attached hydrogens (primary N) is 2. The first-order chi connectivity index (χ1) is 9.40. The number of benzene rings is 1. The van der Waals surface area contributed by atoms with Gasteiger partial charge < -0.3 is 11.5 Å². The van der Waals surface area contributed by atoms with Crippen molar-refractivity contribution in [3.8, 4) is 0 Å². The summed E-state index contributed by atoms with van der Waals surface area (Å²) in [6, 6.07) is 6.01. The van der Waals surface area contributed by atoms with Crippen molar-refractivity contribution in [1.29, 1.82) is 0 Å². The number of rotatable bonds is 4. The molecule has 0 aliphatic carbocycles. The van der Waals surface area contributed by atoms with Gasteiger partial charge in [-0.15, -0.1) is 0 Å². The second kappa shape index (κ2) is 5.80. The van der Waals surface area contributed by atoms with E-state index >= 15 is 0 Å². The van der Waals surface area contributed by atoms with Gasteiger partial charge in [0.25, 0.3) is 0 Å². The summed E-state index contributed by atoms with van der Waals surface area (Å²) >= 11 is 0. The maximum atomic E-state index is 12.5. The van der Waals surface area contributed by atoms with E-state index in [1.807, 2.05) is 0 Å². The molecule has 1 heterocycles. The Morgan fingerprint density at radius 1 is 1.35 bits per heavy atom. The Morgan fingerprint density at radius 2 is 2.10 bits per heavy atom. The van der Waals surface area contributed by atoms with Gasteiger partial charge in [0.05, 0.1) is 5.75 Å². The van der Waals surface area contributed by atoms with Crippen LogP contribution in [0, 0.1) is 0 Å². The number of carbonyl (C=O) groups excluding carboxylic acids is 1. The lowest BCUT2D eigenvalue weighted by Crippen LogP contribution is -2.50. The summed E-state index contributed by atoms with van der Waals surface area (Å²) in [6.45, 7) is 0.345. The summed E-state index contributed by atoms with van der Waals surface area (Å²) < 4.78 is 26.2. The minimum Gasteiger partial charge on any atom is -0.399 e. The second-order valence-corrected chi connectivity index (χ2v) is 6.95. The predicted octanol–water partition coefficient (Wildman–Crippen LogP) is 0.438. The van der Waals surface area contributed by atoms with Crippen LogP contribution in [0.15, 0.2) is 24.3 Å². The Labute approximate surface area is 118 Å². The molecule has 0 radical (unpaired) electrons. The van der Waals surface area contributed by atoms with Crippen LogP contribution in [0.4, 0.5) is 5.69 Å². The number of anilines is 1. The molecule has 20 heavy (non-hydrogen) atoms. The fraction of sp³-hybridized carbons (Fsp3) is 0.462. The molecule has 110 valence electrons. The Morgan fingerprint density at radius 3 is 2.75 bits per heavy atom. The number of hydrogen-bond donors (Lipinski definition) is 2. The zero-order chi connectivity index (χ0) is 14.8. The number of nitrogens with zero attached hydrogens (tertiary/aromatic N) is 1. The molecular weight excluding hydrogens is 278 g/mol.